The number of likely N-dealkylation sites (tertiary alicyclic amines) is 2. The number of hydrogen-bond acceptors (Lipinski definition) is 10. The second-order valence-electron chi connectivity index (χ2n) is 16.4. The fourth-order valence-electron chi connectivity index (χ4n) is 9.64. The average Bonchev–Trinajstić information content (AvgIpc) is 3.36. The van der Waals surface area contributed by atoms with Gasteiger partial charge in [-0.15, -0.1) is 6.42 Å². The Kier molecular flexibility index (Phi) is 11.5. The third kappa shape index (κ3) is 7.92. The second kappa shape index (κ2) is 16.7. The first-order valence-corrected chi connectivity index (χ1v) is 20.4. The van der Waals surface area contributed by atoms with Gasteiger partial charge in [-0.1, -0.05) is 18.6 Å². The summed E-state index contributed by atoms with van der Waals surface area (Å²) in [6.45, 7) is 10.4. The molecular formula is C44H50F3N7O4. The molecule has 2 aromatic heterocycles. The highest BCUT2D eigenvalue weighted by Crippen LogP contribution is 2.40. The van der Waals surface area contributed by atoms with Crippen molar-refractivity contribution in [1.82, 2.24) is 30.1 Å². The summed E-state index contributed by atoms with van der Waals surface area (Å²) < 4.78 is 59.6. The van der Waals surface area contributed by atoms with E-state index in [1.165, 1.54) is 36.5 Å². The predicted octanol–water partition coefficient (Wildman–Crippen LogP) is 6.30. The number of aromatic hydroxyl groups is 1. The lowest BCUT2D eigenvalue weighted by Crippen LogP contribution is -2.55. The molecule has 0 aliphatic carbocycles. The molecule has 306 valence electrons. The first kappa shape index (κ1) is 39.8. The Morgan fingerprint density at radius 1 is 1.10 bits per heavy atom. The third-order valence-electron chi connectivity index (χ3n) is 12.5. The lowest BCUT2D eigenvalue weighted by atomic mass is 9.93. The van der Waals surface area contributed by atoms with Crippen LogP contribution in [0.15, 0.2) is 43.1 Å². The number of amides is 1. The number of carbonyl (C=O) groups is 1. The summed E-state index contributed by atoms with van der Waals surface area (Å²) in [7, 11) is 0. The zero-order chi connectivity index (χ0) is 40.6. The maximum absolute atomic E-state index is 17.2. The molecule has 14 heteroatoms. The van der Waals surface area contributed by atoms with Crippen LogP contribution in [0.5, 0.6) is 11.8 Å². The Labute approximate surface area is 336 Å². The van der Waals surface area contributed by atoms with Gasteiger partial charge in [-0.05, 0) is 94.6 Å². The lowest BCUT2D eigenvalue weighted by Gasteiger charge is -2.45. The smallest absolute Gasteiger partial charge is 0.319 e. The zero-order valence-electron chi connectivity index (χ0n) is 32.9. The van der Waals surface area contributed by atoms with Gasteiger partial charge in [0, 0.05) is 74.5 Å². The summed E-state index contributed by atoms with van der Waals surface area (Å²) in [4.78, 5) is 33.1. The van der Waals surface area contributed by atoms with Gasteiger partial charge in [-0.2, -0.15) is 9.97 Å². The molecule has 8 rings (SSSR count). The van der Waals surface area contributed by atoms with E-state index in [1.54, 1.807) is 0 Å². The number of nitrogens with one attached hydrogen (secondary N) is 1. The van der Waals surface area contributed by atoms with Gasteiger partial charge < -0.3 is 29.7 Å². The van der Waals surface area contributed by atoms with Crippen molar-refractivity contribution >= 4 is 33.4 Å². The molecule has 4 aliphatic heterocycles. The van der Waals surface area contributed by atoms with Gasteiger partial charge in [0.25, 0.3) is 0 Å². The number of fused-ring (bicyclic) bond motifs is 2. The highest BCUT2D eigenvalue weighted by Gasteiger charge is 2.47. The van der Waals surface area contributed by atoms with E-state index in [4.69, 9.17) is 20.9 Å². The average molecular weight is 798 g/mol. The number of piperidine rings is 1. The summed E-state index contributed by atoms with van der Waals surface area (Å²) in [6.07, 6.45) is 13.9. The number of carbonyl (C=O) groups excluding carboxylic acids is 1. The van der Waals surface area contributed by atoms with Crippen molar-refractivity contribution in [3.05, 3.63) is 60.3 Å². The predicted molar refractivity (Wildman–Crippen MR) is 217 cm³/mol. The van der Waals surface area contributed by atoms with E-state index in [0.29, 0.717) is 42.3 Å². The molecule has 4 fully saturated rings. The first-order valence-electron chi connectivity index (χ1n) is 20.4. The van der Waals surface area contributed by atoms with Crippen molar-refractivity contribution in [2.45, 2.75) is 88.1 Å². The Morgan fingerprint density at radius 2 is 1.90 bits per heavy atom. The van der Waals surface area contributed by atoms with Gasteiger partial charge >= 0.3 is 6.01 Å². The minimum Gasteiger partial charge on any atom is -0.508 e. The Bertz CT molecular complexity index is 2240. The molecule has 2 aromatic carbocycles. The number of nitrogens with zero attached hydrogens (tertiary/aromatic N) is 6. The highest BCUT2D eigenvalue weighted by molar-refractivity contribution is 6.03. The highest BCUT2D eigenvalue weighted by atomic mass is 19.1. The molecule has 58 heavy (non-hydrogen) atoms. The van der Waals surface area contributed by atoms with Crippen molar-refractivity contribution in [3.63, 3.8) is 0 Å². The van der Waals surface area contributed by atoms with Crippen molar-refractivity contribution in [3.8, 4) is 35.4 Å². The number of pyridine rings is 1. The van der Waals surface area contributed by atoms with Gasteiger partial charge in [-0.25, -0.2) is 13.2 Å². The number of alkyl halides is 1. The van der Waals surface area contributed by atoms with Crippen LogP contribution in [0.3, 0.4) is 0 Å². The van der Waals surface area contributed by atoms with Gasteiger partial charge in [0.05, 0.1) is 16.5 Å². The molecule has 0 bridgehead atoms. The number of ether oxygens (including phenoxy) is 2. The Balaban J connectivity index is 1.15. The standard InChI is InChI=1S/C44H50F3N7O4/c1-4-33-36(46)10-9-27-20-32(55)21-34(38(27)33)40-39(47)41-35(23-48-40)42(53-15-7-6-8-29(25-53)49-37(56)5-2)51-43(50-41)58-26-44(3)22-28(45)24-54(44)31-11-16-52(17-12-31)30-13-18-57-19-14-30/h1,5,9-10,20-21,23,28-31,55H,2,6-8,11-19,22,24-26H2,3H3,(H,49,56)/t28-,29?,44+/m1/s1. The van der Waals surface area contributed by atoms with E-state index in [9.17, 15) is 9.90 Å². The van der Waals surface area contributed by atoms with E-state index in [1.807, 2.05) is 11.8 Å². The molecule has 2 N–H and O–H groups in total. The number of anilines is 1. The normalized spacial score (nSPS) is 24.2. The van der Waals surface area contributed by atoms with Crippen molar-refractivity contribution in [2.75, 3.05) is 57.4 Å². The van der Waals surface area contributed by atoms with Crippen LogP contribution >= 0.6 is 0 Å². The number of benzene rings is 2. The molecule has 4 saturated heterocycles. The van der Waals surface area contributed by atoms with Crippen molar-refractivity contribution < 1.29 is 32.5 Å². The van der Waals surface area contributed by atoms with Crippen LogP contribution in [0, 0.1) is 24.0 Å². The summed E-state index contributed by atoms with van der Waals surface area (Å²) in [6, 6.07) is 5.77. The molecule has 1 amide bonds. The van der Waals surface area contributed by atoms with Gasteiger partial charge in [0.2, 0.25) is 5.91 Å². The van der Waals surface area contributed by atoms with Crippen LogP contribution in [0.1, 0.15) is 63.9 Å². The third-order valence-corrected chi connectivity index (χ3v) is 12.5. The number of phenols is 1. The van der Waals surface area contributed by atoms with Gasteiger partial charge in [0.15, 0.2) is 5.82 Å². The van der Waals surface area contributed by atoms with E-state index >= 15 is 13.2 Å². The number of hydrogen-bond donors (Lipinski definition) is 2. The van der Waals surface area contributed by atoms with Crippen LogP contribution in [0.2, 0.25) is 0 Å². The number of phenolic OH excluding ortho intramolecular Hbond substituents is 1. The van der Waals surface area contributed by atoms with Gasteiger partial charge in [-0.3, -0.25) is 14.7 Å². The van der Waals surface area contributed by atoms with Crippen molar-refractivity contribution in [1.29, 1.82) is 0 Å². The quantitative estimate of drug-likeness (QED) is 0.148. The number of aromatic nitrogens is 3. The van der Waals surface area contributed by atoms with E-state index < -0.39 is 23.3 Å². The largest absolute Gasteiger partial charge is 0.508 e. The SMILES string of the molecule is C#Cc1c(F)ccc2cc(O)cc(-c3ncc4c(N5CCCCC(NC(=O)C=C)C5)nc(OC[C@]5(C)C[C@@H](F)CN5C5CCN(C6CCOCC6)CC5)nc4c3F)c12. The van der Waals surface area contributed by atoms with E-state index in [0.717, 1.165) is 71.2 Å². The molecule has 11 nitrogen and oxygen atoms in total. The monoisotopic (exact) mass is 797 g/mol. The summed E-state index contributed by atoms with van der Waals surface area (Å²) in [5.41, 5.74) is -0.970. The molecule has 6 heterocycles. The van der Waals surface area contributed by atoms with Crippen LogP contribution < -0.4 is 15.0 Å². The second-order valence-corrected chi connectivity index (χ2v) is 16.4. The molecule has 0 radical (unpaired) electrons. The Hall–Kier alpha value is -4.97. The van der Waals surface area contributed by atoms with E-state index in [-0.39, 0.29) is 70.5 Å². The summed E-state index contributed by atoms with van der Waals surface area (Å²) >= 11 is 0. The number of terminal acetylenes is 1. The van der Waals surface area contributed by atoms with Crippen LogP contribution in [0.4, 0.5) is 19.0 Å². The van der Waals surface area contributed by atoms with Crippen LogP contribution in [-0.4, -0.2) is 118 Å². The zero-order valence-corrected chi connectivity index (χ0v) is 32.9. The molecule has 0 spiro atoms. The summed E-state index contributed by atoms with van der Waals surface area (Å²) in [5.74, 6) is 0.753. The molecule has 4 aliphatic rings. The minimum absolute atomic E-state index is 0.0676. The maximum atomic E-state index is 17.2. The summed E-state index contributed by atoms with van der Waals surface area (Å²) in [5, 5.41) is 14.6. The number of rotatable bonds is 9. The minimum atomic E-state index is -1.03. The molecule has 4 aromatic rings. The van der Waals surface area contributed by atoms with Crippen LogP contribution in [0.25, 0.3) is 32.9 Å². The van der Waals surface area contributed by atoms with E-state index in [2.05, 4.69) is 37.6 Å². The lowest BCUT2D eigenvalue weighted by molar-refractivity contribution is -0.117. The topological polar surface area (TPSA) is 116 Å². The molecule has 1 unspecified atom stereocenters. The Morgan fingerprint density at radius 3 is 2.66 bits per heavy atom. The van der Waals surface area contributed by atoms with Crippen LogP contribution in [-0.2, 0) is 9.53 Å². The molecule has 0 saturated carbocycles. The fourth-order valence-corrected chi connectivity index (χ4v) is 9.64. The van der Waals surface area contributed by atoms with Crippen molar-refractivity contribution in [2.24, 2.45) is 0 Å². The number of halogens is 3. The molecular weight excluding hydrogens is 748 g/mol. The van der Waals surface area contributed by atoms with Gasteiger partial charge in [0.1, 0.15) is 41.4 Å². The fraction of sp³-hybridized carbons (Fsp3) is 0.500. The maximum Gasteiger partial charge on any atom is 0.319 e. The first-order chi connectivity index (χ1) is 28.0. The molecule has 3 atom stereocenters.